The summed E-state index contributed by atoms with van der Waals surface area (Å²) in [5.74, 6) is 0. The second-order valence-electron chi connectivity index (χ2n) is 5.12. The number of hydrogen-bond acceptors (Lipinski definition) is 3. The average Bonchev–Trinajstić information content (AvgIpc) is 2.58. The Morgan fingerprint density at radius 2 is 1.48 bits per heavy atom. The molecule has 0 amide bonds. The van der Waals surface area contributed by atoms with Crippen LogP contribution in [0, 0.1) is 5.21 Å². The summed E-state index contributed by atoms with van der Waals surface area (Å²) < 4.78 is 26.4. The highest BCUT2D eigenvalue weighted by atomic mass is 32.2. The predicted molar refractivity (Wildman–Crippen MR) is 86.5 cm³/mol. The minimum Gasteiger partial charge on any atom is -0.618 e. The number of hydrogen-bond donors (Lipinski definition) is 0. The topological polar surface area (TPSA) is 61.1 Å². The Kier molecular flexibility index (Phi) is 4.12. The SMILES string of the molecule is O=S(=O)(c1ccccc1)c1ccccc1Cc1cccc[n+]1[O-]. The van der Waals surface area contributed by atoms with Gasteiger partial charge in [0.25, 0.3) is 0 Å². The Labute approximate surface area is 135 Å². The van der Waals surface area contributed by atoms with E-state index in [0.29, 0.717) is 11.3 Å². The number of nitrogens with zero attached hydrogens (tertiary/aromatic N) is 1. The van der Waals surface area contributed by atoms with Gasteiger partial charge in [0.15, 0.2) is 11.9 Å². The number of pyridine rings is 1. The number of sulfone groups is 1. The van der Waals surface area contributed by atoms with Crippen LogP contribution in [0.4, 0.5) is 0 Å². The summed E-state index contributed by atoms with van der Waals surface area (Å²) in [6, 6.07) is 20.2. The van der Waals surface area contributed by atoms with Crippen LogP contribution in [-0.2, 0) is 16.3 Å². The van der Waals surface area contributed by atoms with E-state index in [0.717, 1.165) is 4.73 Å². The Hall–Kier alpha value is -2.66. The third-order valence-electron chi connectivity index (χ3n) is 3.59. The van der Waals surface area contributed by atoms with Crippen LogP contribution in [0.15, 0.2) is 88.8 Å². The molecule has 5 heteroatoms. The lowest BCUT2D eigenvalue weighted by atomic mass is 10.1. The van der Waals surface area contributed by atoms with E-state index in [1.807, 2.05) is 0 Å². The van der Waals surface area contributed by atoms with Crippen molar-refractivity contribution in [1.82, 2.24) is 0 Å². The monoisotopic (exact) mass is 325 g/mol. The van der Waals surface area contributed by atoms with Crippen molar-refractivity contribution in [2.45, 2.75) is 16.2 Å². The van der Waals surface area contributed by atoms with E-state index in [2.05, 4.69) is 0 Å². The van der Waals surface area contributed by atoms with Crippen molar-refractivity contribution < 1.29 is 13.1 Å². The van der Waals surface area contributed by atoms with Gasteiger partial charge >= 0.3 is 0 Å². The van der Waals surface area contributed by atoms with Crippen LogP contribution in [0.25, 0.3) is 0 Å². The standard InChI is InChI=1S/C18H15NO3S/c20-19-13-7-6-9-16(19)14-15-8-4-5-12-18(15)23(21,22)17-10-2-1-3-11-17/h1-13H,14H2. The Morgan fingerprint density at radius 1 is 0.826 bits per heavy atom. The van der Waals surface area contributed by atoms with E-state index in [-0.39, 0.29) is 16.2 Å². The van der Waals surface area contributed by atoms with Gasteiger partial charge in [-0.2, -0.15) is 4.73 Å². The molecule has 23 heavy (non-hydrogen) atoms. The van der Waals surface area contributed by atoms with E-state index >= 15 is 0 Å². The van der Waals surface area contributed by atoms with Gasteiger partial charge in [0.1, 0.15) is 0 Å². The minimum atomic E-state index is -3.61. The molecule has 0 bridgehead atoms. The molecule has 0 aliphatic carbocycles. The molecule has 0 saturated carbocycles. The van der Waals surface area contributed by atoms with Gasteiger partial charge in [-0.15, -0.1) is 0 Å². The summed E-state index contributed by atoms with van der Waals surface area (Å²) in [6.07, 6.45) is 1.66. The molecule has 1 heterocycles. The van der Waals surface area contributed by atoms with Crippen LogP contribution in [0.1, 0.15) is 11.3 Å². The third kappa shape index (κ3) is 3.10. The predicted octanol–water partition coefficient (Wildman–Crippen LogP) is 2.74. The van der Waals surface area contributed by atoms with Crippen molar-refractivity contribution in [1.29, 1.82) is 0 Å². The van der Waals surface area contributed by atoms with Crippen LogP contribution in [0.3, 0.4) is 0 Å². The van der Waals surface area contributed by atoms with Gasteiger partial charge in [0.05, 0.1) is 16.2 Å². The van der Waals surface area contributed by atoms with Crippen LogP contribution < -0.4 is 4.73 Å². The lowest BCUT2D eigenvalue weighted by Crippen LogP contribution is -2.31. The van der Waals surface area contributed by atoms with E-state index in [4.69, 9.17) is 0 Å². The van der Waals surface area contributed by atoms with Crippen molar-refractivity contribution in [2.24, 2.45) is 0 Å². The molecule has 0 N–H and O–H groups in total. The zero-order valence-electron chi connectivity index (χ0n) is 12.3. The number of rotatable bonds is 4. The molecule has 4 nitrogen and oxygen atoms in total. The molecule has 116 valence electrons. The molecule has 3 aromatic rings. The molecular weight excluding hydrogens is 310 g/mol. The van der Waals surface area contributed by atoms with Gasteiger partial charge < -0.3 is 5.21 Å². The van der Waals surface area contributed by atoms with Crippen molar-refractivity contribution in [3.05, 3.63) is 95.5 Å². The highest BCUT2D eigenvalue weighted by Crippen LogP contribution is 2.25. The van der Waals surface area contributed by atoms with Gasteiger partial charge in [0, 0.05) is 12.1 Å². The fourth-order valence-corrected chi connectivity index (χ4v) is 3.95. The average molecular weight is 325 g/mol. The largest absolute Gasteiger partial charge is 0.618 e. The van der Waals surface area contributed by atoms with E-state index in [1.54, 1.807) is 72.8 Å². The first-order valence-electron chi connectivity index (χ1n) is 7.14. The molecule has 0 unspecified atom stereocenters. The van der Waals surface area contributed by atoms with Crippen LogP contribution in [0.5, 0.6) is 0 Å². The molecule has 0 aliphatic heterocycles. The maximum absolute atomic E-state index is 12.8. The maximum Gasteiger partial charge on any atom is 0.206 e. The summed E-state index contributed by atoms with van der Waals surface area (Å²) in [5.41, 5.74) is 1.11. The van der Waals surface area contributed by atoms with E-state index in [1.165, 1.54) is 6.20 Å². The van der Waals surface area contributed by atoms with Crippen LogP contribution in [0.2, 0.25) is 0 Å². The summed E-state index contributed by atoms with van der Waals surface area (Å²) in [5, 5.41) is 11.8. The lowest BCUT2D eigenvalue weighted by molar-refractivity contribution is -0.613. The zero-order valence-corrected chi connectivity index (χ0v) is 13.1. The Balaban J connectivity index is 2.07. The Bertz CT molecular complexity index is 922. The molecule has 0 spiro atoms. The first kappa shape index (κ1) is 15.2. The fraction of sp³-hybridized carbons (Fsp3) is 0.0556. The molecule has 0 radical (unpaired) electrons. The summed E-state index contributed by atoms with van der Waals surface area (Å²) in [7, 11) is -3.61. The van der Waals surface area contributed by atoms with Gasteiger partial charge in [-0.05, 0) is 23.8 Å². The molecule has 0 atom stereocenters. The first-order valence-corrected chi connectivity index (χ1v) is 8.62. The fourth-order valence-electron chi connectivity index (χ4n) is 2.43. The van der Waals surface area contributed by atoms with Crippen molar-refractivity contribution >= 4 is 9.84 Å². The summed E-state index contributed by atoms with van der Waals surface area (Å²) >= 11 is 0. The number of benzene rings is 2. The smallest absolute Gasteiger partial charge is 0.206 e. The first-order chi connectivity index (χ1) is 11.1. The maximum atomic E-state index is 12.8. The summed E-state index contributed by atoms with van der Waals surface area (Å²) in [4.78, 5) is 0.477. The highest BCUT2D eigenvalue weighted by molar-refractivity contribution is 7.91. The van der Waals surface area contributed by atoms with Crippen molar-refractivity contribution in [2.75, 3.05) is 0 Å². The molecule has 2 aromatic carbocycles. The van der Waals surface area contributed by atoms with Crippen LogP contribution in [-0.4, -0.2) is 8.42 Å². The molecular formula is C18H15NO3S. The molecule has 0 aliphatic rings. The zero-order chi connectivity index (χ0) is 16.3. The van der Waals surface area contributed by atoms with Gasteiger partial charge in [-0.1, -0.05) is 42.5 Å². The quantitative estimate of drug-likeness (QED) is 0.547. The Morgan fingerprint density at radius 3 is 2.22 bits per heavy atom. The summed E-state index contributed by atoms with van der Waals surface area (Å²) in [6.45, 7) is 0. The molecule has 3 rings (SSSR count). The number of aromatic nitrogens is 1. The molecule has 1 aromatic heterocycles. The normalized spacial score (nSPS) is 11.3. The van der Waals surface area contributed by atoms with Crippen LogP contribution >= 0.6 is 0 Å². The molecule has 0 saturated heterocycles. The van der Waals surface area contributed by atoms with Crippen molar-refractivity contribution in [3.63, 3.8) is 0 Å². The van der Waals surface area contributed by atoms with Gasteiger partial charge in [-0.3, -0.25) is 0 Å². The second-order valence-corrected chi connectivity index (χ2v) is 7.04. The van der Waals surface area contributed by atoms with Gasteiger partial charge in [-0.25, -0.2) is 8.42 Å². The van der Waals surface area contributed by atoms with Crippen molar-refractivity contribution in [3.8, 4) is 0 Å². The van der Waals surface area contributed by atoms with E-state index < -0.39 is 9.84 Å². The second kappa shape index (κ2) is 6.22. The highest BCUT2D eigenvalue weighted by Gasteiger charge is 2.21. The molecule has 0 fully saturated rings. The minimum absolute atomic E-state index is 0.232. The third-order valence-corrected chi connectivity index (χ3v) is 5.46. The van der Waals surface area contributed by atoms with Gasteiger partial charge in [0.2, 0.25) is 9.84 Å². The van der Waals surface area contributed by atoms with E-state index in [9.17, 15) is 13.6 Å². The lowest BCUT2D eigenvalue weighted by Gasteiger charge is -2.10.